The number of nitrogens with zero attached hydrogens (tertiary/aromatic N) is 1. The number of carbonyl (C=O) groups is 2. The van der Waals surface area contributed by atoms with E-state index >= 15 is 0 Å². The Morgan fingerprint density at radius 1 is 1.00 bits per heavy atom. The molecule has 0 aliphatic carbocycles. The van der Waals surface area contributed by atoms with E-state index in [0.717, 1.165) is 5.56 Å². The lowest BCUT2D eigenvalue weighted by Gasteiger charge is -2.19. The fourth-order valence-corrected chi connectivity index (χ4v) is 3.52. The second-order valence-electron chi connectivity index (χ2n) is 6.72. The lowest BCUT2D eigenvalue weighted by atomic mass is 10.1. The molecule has 30 heavy (non-hydrogen) atoms. The van der Waals surface area contributed by atoms with Crippen molar-refractivity contribution in [3.8, 4) is 5.75 Å². The summed E-state index contributed by atoms with van der Waals surface area (Å²) in [5.41, 5.74) is 2.41. The van der Waals surface area contributed by atoms with Gasteiger partial charge in [0.1, 0.15) is 5.75 Å². The van der Waals surface area contributed by atoms with Gasteiger partial charge in [0.15, 0.2) is 0 Å². The average Bonchev–Trinajstić information content (AvgIpc) is 2.76. The summed E-state index contributed by atoms with van der Waals surface area (Å²) in [6.07, 6.45) is 0. The van der Waals surface area contributed by atoms with Gasteiger partial charge in [-0.25, -0.2) is 0 Å². The molecule has 0 aromatic heterocycles. The van der Waals surface area contributed by atoms with Crippen LogP contribution in [0.4, 0.5) is 5.69 Å². The standard InChI is InChI=1S/C24H23BrN2O3/c1-3-30-22-14-13-18(15-20(22)25)23(28)26-21-12-8-7-11-19(21)24(29)27(2)16-17-9-5-4-6-10-17/h4-15H,3,16H2,1-2H3,(H,26,28). The molecule has 0 heterocycles. The van der Waals surface area contributed by atoms with E-state index in [-0.39, 0.29) is 11.8 Å². The van der Waals surface area contributed by atoms with Gasteiger partial charge in [-0.3, -0.25) is 9.59 Å². The minimum Gasteiger partial charge on any atom is -0.493 e. The van der Waals surface area contributed by atoms with Gasteiger partial charge in [-0.2, -0.15) is 0 Å². The molecule has 0 spiro atoms. The molecule has 0 bridgehead atoms. The van der Waals surface area contributed by atoms with Crippen LogP contribution in [-0.4, -0.2) is 30.4 Å². The van der Waals surface area contributed by atoms with Crippen molar-refractivity contribution >= 4 is 33.4 Å². The molecule has 0 fully saturated rings. The van der Waals surface area contributed by atoms with E-state index in [1.807, 2.05) is 37.3 Å². The number of benzene rings is 3. The highest BCUT2D eigenvalue weighted by molar-refractivity contribution is 9.10. The Kier molecular flexibility index (Phi) is 7.25. The van der Waals surface area contributed by atoms with Crippen LogP contribution in [0, 0.1) is 0 Å². The minimum atomic E-state index is -0.301. The molecule has 6 heteroatoms. The number of nitrogens with one attached hydrogen (secondary N) is 1. The lowest BCUT2D eigenvalue weighted by molar-refractivity contribution is 0.0786. The second kappa shape index (κ2) is 10.1. The van der Waals surface area contributed by atoms with Crippen molar-refractivity contribution < 1.29 is 14.3 Å². The highest BCUT2D eigenvalue weighted by Gasteiger charge is 2.18. The van der Waals surface area contributed by atoms with Crippen LogP contribution in [0.2, 0.25) is 0 Å². The van der Waals surface area contributed by atoms with E-state index in [1.54, 1.807) is 54.4 Å². The molecule has 3 aromatic carbocycles. The summed E-state index contributed by atoms with van der Waals surface area (Å²) in [7, 11) is 1.75. The summed E-state index contributed by atoms with van der Waals surface area (Å²) >= 11 is 3.42. The van der Waals surface area contributed by atoms with E-state index in [0.29, 0.717) is 40.2 Å². The molecule has 0 unspecified atom stereocenters. The monoisotopic (exact) mass is 466 g/mol. The topological polar surface area (TPSA) is 58.6 Å². The van der Waals surface area contributed by atoms with Crippen LogP contribution in [0.3, 0.4) is 0 Å². The third-order valence-corrected chi connectivity index (χ3v) is 5.13. The summed E-state index contributed by atoms with van der Waals surface area (Å²) in [4.78, 5) is 27.4. The fraction of sp³-hybridized carbons (Fsp3) is 0.167. The smallest absolute Gasteiger partial charge is 0.256 e. The van der Waals surface area contributed by atoms with Gasteiger partial charge in [-0.15, -0.1) is 0 Å². The summed E-state index contributed by atoms with van der Waals surface area (Å²) in [6, 6.07) is 21.9. The van der Waals surface area contributed by atoms with Crippen molar-refractivity contribution in [2.24, 2.45) is 0 Å². The van der Waals surface area contributed by atoms with Crippen molar-refractivity contribution in [3.05, 3.63) is 94.0 Å². The molecule has 5 nitrogen and oxygen atoms in total. The highest BCUT2D eigenvalue weighted by atomic mass is 79.9. The first-order valence-electron chi connectivity index (χ1n) is 9.61. The van der Waals surface area contributed by atoms with Gasteiger partial charge in [0.25, 0.3) is 11.8 Å². The normalized spacial score (nSPS) is 10.4. The maximum absolute atomic E-state index is 13.0. The van der Waals surface area contributed by atoms with E-state index in [4.69, 9.17) is 4.74 Å². The Morgan fingerprint density at radius 2 is 1.70 bits per heavy atom. The van der Waals surface area contributed by atoms with E-state index in [9.17, 15) is 9.59 Å². The van der Waals surface area contributed by atoms with Gasteiger partial charge in [-0.1, -0.05) is 42.5 Å². The van der Waals surface area contributed by atoms with Crippen molar-refractivity contribution in [3.63, 3.8) is 0 Å². The van der Waals surface area contributed by atoms with Crippen LogP contribution < -0.4 is 10.1 Å². The third-order valence-electron chi connectivity index (χ3n) is 4.51. The minimum absolute atomic E-state index is 0.164. The predicted octanol–water partition coefficient (Wildman–Crippen LogP) is 5.37. The molecule has 1 N–H and O–H groups in total. The molecule has 0 aliphatic heterocycles. The molecule has 3 aromatic rings. The molecule has 2 amide bonds. The molecule has 0 aliphatic rings. The van der Waals surface area contributed by atoms with E-state index in [2.05, 4.69) is 21.2 Å². The number of rotatable bonds is 7. The summed E-state index contributed by atoms with van der Waals surface area (Å²) in [5.74, 6) is 0.208. The molecule has 3 rings (SSSR count). The fourth-order valence-electron chi connectivity index (χ4n) is 3.02. The maximum Gasteiger partial charge on any atom is 0.256 e. The second-order valence-corrected chi connectivity index (χ2v) is 7.58. The number of halogens is 1. The predicted molar refractivity (Wildman–Crippen MR) is 122 cm³/mol. The first-order valence-corrected chi connectivity index (χ1v) is 10.4. The number of hydrogen-bond acceptors (Lipinski definition) is 3. The van der Waals surface area contributed by atoms with Gasteiger partial charge in [0, 0.05) is 19.2 Å². The molecule has 0 atom stereocenters. The zero-order valence-electron chi connectivity index (χ0n) is 16.9. The van der Waals surface area contributed by atoms with E-state index < -0.39 is 0 Å². The molecule has 0 radical (unpaired) electrons. The van der Waals surface area contributed by atoms with Crippen LogP contribution in [-0.2, 0) is 6.54 Å². The summed E-state index contributed by atoms with van der Waals surface area (Å²) in [6.45, 7) is 2.92. The zero-order valence-corrected chi connectivity index (χ0v) is 18.5. The number of carbonyl (C=O) groups excluding carboxylic acids is 2. The van der Waals surface area contributed by atoms with Crippen LogP contribution >= 0.6 is 15.9 Å². The van der Waals surface area contributed by atoms with Gasteiger partial charge < -0.3 is 15.0 Å². The Balaban J connectivity index is 1.77. The SMILES string of the molecule is CCOc1ccc(C(=O)Nc2ccccc2C(=O)N(C)Cc2ccccc2)cc1Br. The number of anilines is 1. The van der Waals surface area contributed by atoms with Crippen LogP contribution in [0.25, 0.3) is 0 Å². The lowest BCUT2D eigenvalue weighted by Crippen LogP contribution is -2.27. The largest absolute Gasteiger partial charge is 0.493 e. The molecule has 154 valence electrons. The summed E-state index contributed by atoms with van der Waals surface area (Å²) in [5, 5.41) is 2.86. The Labute approximate surface area is 184 Å². The first-order chi connectivity index (χ1) is 14.5. The van der Waals surface area contributed by atoms with Crippen LogP contribution in [0.1, 0.15) is 33.2 Å². The molecular formula is C24H23BrN2O3. The first kappa shape index (κ1) is 21.6. The summed E-state index contributed by atoms with van der Waals surface area (Å²) < 4.78 is 6.18. The van der Waals surface area contributed by atoms with Crippen LogP contribution in [0.5, 0.6) is 5.75 Å². The molecule has 0 saturated carbocycles. The Hall–Kier alpha value is -3.12. The molecular weight excluding hydrogens is 444 g/mol. The highest BCUT2D eigenvalue weighted by Crippen LogP contribution is 2.27. The van der Waals surface area contributed by atoms with Crippen molar-refractivity contribution in [1.82, 2.24) is 4.90 Å². The van der Waals surface area contributed by atoms with Gasteiger partial charge in [0.2, 0.25) is 0 Å². The Morgan fingerprint density at radius 3 is 2.40 bits per heavy atom. The number of ether oxygens (including phenoxy) is 1. The maximum atomic E-state index is 13.0. The quantitative estimate of drug-likeness (QED) is 0.508. The van der Waals surface area contributed by atoms with Crippen LogP contribution in [0.15, 0.2) is 77.3 Å². The van der Waals surface area contributed by atoms with Gasteiger partial charge >= 0.3 is 0 Å². The number of hydrogen-bond donors (Lipinski definition) is 1. The van der Waals surface area contributed by atoms with Gasteiger partial charge in [0.05, 0.1) is 22.3 Å². The Bertz CT molecular complexity index is 1040. The van der Waals surface area contributed by atoms with Crippen molar-refractivity contribution in [2.45, 2.75) is 13.5 Å². The number of amides is 2. The van der Waals surface area contributed by atoms with E-state index in [1.165, 1.54) is 0 Å². The van der Waals surface area contributed by atoms with Crippen molar-refractivity contribution in [2.75, 3.05) is 19.0 Å². The van der Waals surface area contributed by atoms with Gasteiger partial charge in [-0.05, 0) is 58.7 Å². The zero-order chi connectivity index (χ0) is 21.5. The molecule has 0 saturated heterocycles. The number of para-hydroxylation sites is 1. The third kappa shape index (κ3) is 5.27. The van der Waals surface area contributed by atoms with Crippen molar-refractivity contribution in [1.29, 1.82) is 0 Å². The average molecular weight is 467 g/mol.